The van der Waals surface area contributed by atoms with E-state index in [1.807, 2.05) is 0 Å². The van der Waals surface area contributed by atoms with Crippen molar-refractivity contribution in [3.63, 3.8) is 0 Å². The highest BCUT2D eigenvalue weighted by Gasteiger charge is 2.31. The molecule has 0 radical (unpaired) electrons. The Morgan fingerprint density at radius 3 is 2.62 bits per heavy atom. The first-order chi connectivity index (χ1) is 6.15. The van der Waals surface area contributed by atoms with Gasteiger partial charge in [-0.05, 0) is 26.7 Å². The standard InChI is InChI=1S/C9H15NO3/c1-3-13-9(12)6(2)10-8(11)7-4-5-7/h6-7H,3-5H2,1-2H3,(H,10,11)/t6-/m0/s1. The maximum Gasteiger partial charge on any atom is 0.328 e. The number of ether oxygens (including phenoxy) is 1. The summed E-state index contributed by atoms with van der Waals surface area (Å²) in [6, 6.07) is -0.520. The Hall–Kier alpha value is -1.06. The van der Waals surface area contributed by atoms with Crippen LogP contribution in [0.2, 0.25) is 0 Å². The summed E-state index contributed by atoms with van der Waals surface area (Å²) < 4.78 is 4.75. The van der Waals surface area contributed by atoms with Gasteiger partial charge < -0.3 is 10.1 Å². The van der Waals surface area contributed by atoms with Crippen LogP contribution in [-0.4, -0.2) is 24.5 Å². The Morgan fingerprint density at radius 1 is 1.54 bits per heavy atom. The highest BCUT2D eigenvalue weighted by atomic mass is 16.5. The smallest absolute Gasteiger partial charge is 0.328 e. The van der Waals surface area contributed by atoms with E-state index in [4.69, 9.17) is 4.74 Å². The maximum atomic E-state index is 11.2. The Labute approximate surface area is 77.6 Å². The van der Waals surface area contributed by atoms with Crippen LogP contribution in [0.5, 0.6) is 0 Å². The zero-order chi connectivity index (χ0) is 9.84. The van der Waals surface area contributed by atoms with E-state index in [1.165, 1.54) is 0 Å². The molecule has 1 atom stereocenters. The molecule has 0 aromatic heterocycles. The molecule has 1 N–H and O–H groups in total. The van der Waals surface area contributed by atoms with Crippen LogP contribution < -0.4 is 5.32 Å². The van der Waals surface area contributed by atoms with Crippen molar-refractivity contribution in [2.24, 2.45) is 5.92 Å². The predicted molar refractivity (Wildman–Crippen MR) is 47.0 cm³/mol. The predicted octanol–water partition coefficient (Wildman–Crippen LogP) is 0.464. The molecule has 1 saturated carbocycles. The number of hydrogen-bond acceptors (Lipinski definition) is 3. The summed E-state index contributed by atoms with van der Waals surface area (Å²) >= 11 is 0. The SMILES string of the molecule is CCOC(=O)[C@H](C)NC(=O)C1CC1. The molecule has 13 heavy (non-hydrogen) atoms. The van der Waals surface area contributed by atoms with Crippen LogP contribution in [0.1, 0.15) is 26.7 Å². The van der Waals surface area contributed by atoms with Gasteiger partial charge in [-0.2, -0.15) is 0 Å². The molecule has 1 aliphatic carbocycles. The summed E-state index contributed by atoms with van der Waals surface area (Å²) in [5, 5.41) is 2.61. The fourth-order valence-corrected chi connectivity index (χ4v) is 1.00. The number of nitrogens with one attached hydrogen (secondary N) is 1. The topological polar surface area (TPSA) is 55.4 Å². The van der Waals surface area contributed by atoms with Crippen molar-refractivity contribution in [1.29, 1.82) is 0 Å². The third-order valence-electron chi connectivity index (χ3n) is 1.95. The summed E-state index contributed by atoms with van der Waals surface area (Å²) in [5.41, 5.74) is 0. The van der Waals surface area contributed by atoms with Gasteiger partial charge in [0.2, 0.25) is 5.91 Å². The summed E-state index contributed by atoms with van der Waals surface area (Å²) in [7, 11) is 0. The zero-order valence-electron chi connectivity index (χ0n) is 8.00. The molecule has 0 spiro atoms. The molecular weight excluding hydrogens is 170 g/mol. The van der Waals surface area contributed by atoms with Crippen LogP contribution in [-0.2, 0) is 14.3 Å². The minimum Gasteiger partial charge on any atom is -0.464 e. The van der Waals surface area contributed by atoms with Crippen molar-refractivity contribution in [1.82, 2.24) is 5.32 Å². The van der Waals surface area contributed by atoms with Crippen LogP contribution in [0.3, 0.4) is 0 Å². The van der Waals surface area contributed by atoms with Gasteiger partial charge >= 0.3 is 5.97 Å². The van der Waals surface area contributed by atoms with E-state index >= 15 is 0 Å². The summed E-state index contributed by atoms with van der Waals surface area (Å²) in [6.07, 6.45) is 1.89. The van der Waals surface area contributed by atoms with E-state index in [0.29, 0.717) is 6.61 Å². The molecule has 0 bridgehead atoms. The fraction of sp³-hybridized carbons (Fsp3) is 0.778. The van der Waals surface area contributed by atoms with Crippen molar-refractivity contribution in [2.45, 2.75) is 32.7 Å². The normalized spacial score (nSPS) is 17.7. The lowest BCUT2D eigenvalue weighted by Crippen LogP contribution is -2.40. The molecule has 0 heterocycles. The second-order valence-corrected chi connectivity index (χ2v) is 3.26. The van der Waals surface area contributed by atoms with E-state index < -0.39 is 6.04 Å². The molecule has 0 saturated heterocycles. The van der Waals surface area contributed by atoms with Crippen LogP contribution in [0.25, 0.3) is 0 Å². The van der Waals surface area contributed by atoms with Crippen molar-refractivity contribution in [3.8, 4) is 0 Å². The van der Waals surface area contributed by atoms with E-state index in [2.05, 4.69) is 5.32 Å². The first-order valence-corrected chi connectivity index (χ1v) is 4.62. The van der Waals surface area contributed by atoms with Gasteiger partial charge in [-0.3, -0.25) is 4.79 Å². The number of rotatable bonds is 4. The quantitative estimate of drug-likeness (QED) is 0.647. The molecule has 0 aromatic carbocycles. The van der Waals surface area contributed by atoms with Crippen LogP contribution in [0, 0.1) is 5.92 Å². The summed E-state index contributed by atoms with van der Waals surface area (Å²) in [4.78, 5) is 22.3. The summed E-state index contributed by atoms with van der Waals surface area (Å²) in [6.45, 7) is 3.73. The van der Waals surface area contributed by atoms with E-state index in [0.717, 1.165) is 12.8 Å². The van der Waals surface area contributed by atoms with Gasteiger partial charge in [0.25, 0.3) is 0 Å². The van der Waals surface area contributed by atoms with Crippen molar-refractivity contribution < 1.29 is 14.3 Å². The molecule has 1 amide bonds. The Kier molecular flexibility index (Phi) is 3.28. The molecule has 1 fully saturated rings. The minimum absolute atomic E-state index is 0.0273. The van der Waals surface area contributed by atoms with E-state index in [1.54, 1.807) is 13.8 Å². The molecule has 4 heteroatoms. The lowest BCUT2D eigenvalue weighted by atomic mass is 10.3. The first kappa shape index (κ1) is 10.0. The van der Waals surface area contributed by atoms with Crippen LogP contribution >= 0.6 is 0 Å². The lowest BCUT2D eigenvalue weighted by molar-refractivity contribution is -0.147. The average molecular weight is 185 g/mol. The molecule has 1 aliphatic rings. The Morgan fingerprint density at radius 2 is 2.15 bits per heavy atom. The highest BCUT2D eigenvalue weighted by molar-refractivity contribution is 5.86. The van der Waals surface area contributed by atoms with Crippen LogP contribution in [0.4, 0.5) is 0 Å². The third-order valence-corrected chi connectivity index (χ3v) is 1.95. The number of esters is 1. The zero-order valence-corrected chi connectivity index (χ0v) is 8.00. The molecule has 74 valence electrons. The minimum atomic E-state index is -0.520. The fourth-order valence-electron chi connectivity index (χ4n) is 1.00. The van der Waals surface area contributed by atoms with Gasteiger partial charge in [0.15, 0.2) is 0 Å². The molecule has 4 nitrogen and oxygen atoms in total. The van der Waals surface area contributed by atoms with Gasteiger partial charge in [-0.15, -0.1) is 0 Å². The Balaban J connectivity index is 2.26. The van der Waals surface area contributed by atoms with E-state index in [-0.39, 0.29) is 17.8 Å². The summed E-state index contributed by atoms with van der Waals surface area (Å²) in [5.74, 6) is -0.256. The van der Waals surface area contributed by atoms with E-state index in [9.17, 15) is 9.59 Å². The van der Waals surface area contributed by atoms with Gasteiger partial charge in [0.1, 0.15) is 6.04 Å². The van der Waals surface area contributed by atoms with Crippen molar-refractivity contribution >= 4 is 11.9 Å². The number of carbonyl (C=O) groups excluding carboxylic acids is 2. The molecule has 0 unspecified atom stereocenters. The lowest BCUT2D eigenvalue weighted by Gasteiger charge is -2.11. The second-order valence-electron chi connectivity index (χ2n) is 3.26. The Bertz CT molecular complexity index is 211. The molecule has 0 aromatic rings. The van der Waals surface area contributed by atoms with Gasteiger partial charge in [-0.25, -0.2) is 4.79 Å². The first-order valence-electron chi connectivity index (χ1n) is 4.62. The molecular formula is C9H15NO3. The van der Waals surface area contributed by atoms with Gasteiger partial charge in [0, 0.05) is 5.92 Å². The largest absolute Gasteiger partial charge is 0.464 e. The highest BCUT2D eigenvalue weighted by Crippen LogP contribution is 2.28. The molecule has 1 rings (SSSR count). The third kappa shape index (κ3) is 3.05. The second kappa shape index (κ2) is 4.25. The van der Waals surface area contributed by atoms with Crippen molar-refractivity contribution in [3.05, 3.63) is 0 Å². The number of hydrogen-bond donors (Lipinski definition) is 1. The van der Waals surface area contributed by atoms with Crippen molar-refractivity contribution in [2.75, 3.05) is 6.61 Å². The maximum absolute atomic E-state index is 11.2. The van der Waals surface area contributed by atoms with Gasteiger partial charge in [0.05, 0.1) is 6.61 Å². The average Bonchev–Trinajstić information content (AvgIpc) is 2.86. The van der Waals surface area contributed by atoms with Crippen LogP contribution in [0.15, 0.2) is 0 Å². The molecule has 0 aliphatic heterocycles. The monoisotopic (exact) mass is 185 g/mol. The van der Waals surface area contributed by atoms with Gasteiger partial charge in [-0.1, -0.05) is 0 Å². The number of carbonyl (C=O) groups is 2. The number of amides is 1.